The van der Waals surface area contributed by atoms with Crippen molar-refractivity contribution >= 4 is 5.97 Å². The molecule has 0 saturated heterocycles. The highest BCUT2D eigenvalue weighted by Gasteiger charge is 2.62. The number of aliphatic carboxylic acids is 1. The number of hydrogen-bond acceptors (Lipinski definition) is 3. The van der Waals surface area contributed by atoms with E-state index in [0.29, 0.717) is 30.1 Å². The van der Waals surface area contributed by atoms with E-state index >= 15 is 0 Å². The molecule has 3 N–H and O–H groups in total. The van der Waals surface area contributed by atoms with Crippen molar-refractivity contribution in [2.75, 3.05) is 0 Å². The van der Waals surface area contributed by atoms with Crippen molar-refractivity contribution < 1.29 is 20.1 Å². The molecule has 4 rings (SSSR count). The van der Waals surface area contributed by atoms with Crippen molar-refractivity contribution in [3.8, 4) is 0 Å². The fraction of sp³-hybridized carbons (Fsp3) is 0.966. The van der Waals surface area contributed by atoms with Crippen molar-refractivity contribution in [2.24, 2.45) is 40.4 Å². The first-order chi connectivity index (χ1) is 15.7. The van der Waals surface area contributed by atoms with Crippen molar-refractivity contribution in [3.05, 3.63) is 0 Å². The maximum absolute atomic E-state index is 10.9. The molecule has 0 aliphatic heterocycles. The summed E-state index contributed by atoms with van der Waals surface area (Å²) in [5.74, 6) is 0.686. The number of aliphatic hydroxyl groups is 2. The van der Waals surface area contributed by atoms with Crippen LogP contribution in [-0.2, 0) is 4.79 Å². The Labute approximate surface area is 204 Å². The second-order valence-electron chi connectivity index (χ2n) is 10.8. The zero-order chi connectivity index (χ0) is 25.4. The average Bonchev–Trinajstić information content (AvgIpc) is 3.13. The van der Waals surface area contributed by atoms with E-state index < -0.39 is 11.8 Å². The van der Waals surface area contributed by atoms with Crippen LogP contribution >= 0.6 is 0 Å². The Balaban J connectivity index is 0.000000841. The van der Waals surface area contributed by atoms with E-state index in [-0.39, 0.29) is 11.3 Å². The Kier molecular flexibility index (Phi) is 11.9. The summed E-state index contributed by atoms with van der Waals surface area (Å²) >= 11 is 0. The Morgan fingerprint density at radius 1 is 0.788 bits per heavy atom. The van der Waals surface area contributed by atoms with Crippen molar-refractivity contribution in [2.45, 2.75) is 138 Å². The average molecular weight is 469 g/mol. The summed E-state index contributed by atoms with van der Waals surface area (Å²) in [6, 6.07) is 0. The van der Waals surface area contributed by atoms with E-state index in [2.05, 4.69) is 13.8 Å². The Morgan fingerprint density at radius 3 is 2.00 bits per heavy atom. The third kappa shape index (κ3) is 5.97. The van der Waals surface area contributed by atoms with Crippen molar-refractivity contribution in [1.29, 1.82) is 0 Å². The van der Waals surface area contributed by atoms with Crippen LogP contribution in [0.2, 0.25) is 0 Å². The van der Waals surface area contributed by atoms with Gasteiger partial charge in [-0.3, -0.25) is 4.79 Å². The molecule has 0 aromatic carbocycles. The van der Waals surface area contributed by atoms with Gasteiger partial charge in [0.2, 0.25) is 0 Å². The van der Waals surface area contributed by atoms with Crippen LogP contribution in [0.3, 0.4) is 0 Å². The van der Waals surface area contributed by atoms with Crippen molar-refractivity contribution in [3.63, 3.8) is 0 Å². The summed E-state index contributed by atoms with van der Waals surface area (Å²) in [6.07, 6.45) is 11.9. The number of carbonyl (C=O) groups is 1. The third-order valence-electron chi connectivity index (χ3n) is 9.83. The van der Waals surface area contributed by atoms with E-state index in [9.17, 15) is 15.0 Å². The number of fused-ring (bicyclic) bond motifs is 5. The van der Waals surface area contributed by atoms with Gasteiger partial charge in [0, 0.05) is 18.8 Å². The van der Waals surface area contributed by atoms with Crippen molar-refractivity contribution in [1.82, 2.24) is 0 Å². The van der Waals surface area contributed by atoms with Crippen LogP contribution in [0.5, 0.6) is 0 Å². The molecule has 4 aliphatic carbocycles. The monoisotopic (exact) mass is 468 g/mol. The summed E-state index contributed by atoms with van der Waals surface area (Å²) in [7, 11) is 0. The van der Waals surface area contributed by atoms with Crippen LogP contribution in [0, 0.1) is 40.4 Å². The zero-order valence-corrected chi connectivity index (χ0v) is 23.1. The molecule has 0 bridgehead atoms. The van der Waals surface area contributed by atoms with Gasteiger partial charge in [0.15, 0.2) is 5.79 Å². The predicted molar refractivity (Wildman–Crippen MR) is 138 cm³/mol. The minimum atomic E-state index is -1.46. The molecule has 196 valence electrons. The molecule has 7 unspecified atom stereocenters. The lowest BCUT2D eigenvalue weighted by Gasteiger charge is -2.62. The maximum Gasteiger partial charge on any atom is 0.303 e. The molecule has 4 nitrogen and oxygen atoms in total. The summed E-state index contributed by atoms with van der Waals surface area (Å²) < 4.78 is 0. The summed E-state index contributed by atoms with van der Waals surface area (Å²) in [5.41, 5.74) is 0.445. The normalized spacial score (nSPS) is 40.1. The standard InChI is InChI=1S/C23H38O4.3C2H6/c1-21-14-11-18-16(17(21)9-7-15(21)5-3-6-20(24)25)8-10-19-22(18,2)12-4-13-23(19,26)27;3*1-2/h15-19,26-27H,3-14H2,1-2H3,(H,24,25);3*1-2H3. The van der Waals surface area contributed by atoms with Crippen LogP contribution in [0.4, 0.5) is 0 Å². The SMILES string of the molecule is CC.CC.CC.CC12CCC3C(CCC4C(O)(O)CCCC34C)C1CCC2CCCC(=O)O. The molecule has 0 aromatic heterocycles. The van der Waals surface area contributed by atoms with Gasteiger partial charge in [-0.1, -0.05) is 55.4 Å². The van der Waals surface area contributed by atoms with E-state index in [1.165, 1.54) is 25.7 Å². The fourth-order valence-electron chi connectivity index (χ4n) is 8.56. The van der Waals surface area contributed by atoms with E-state index in [1.54, 1.807) is 0 Å². The lowest BCUT2D eigenvalue weighted by atomic mass is 9.44. The molecule has 4 fully saturated rings. The van der Waals surface area contributed by atoms with Crippen LogP contribution in [0.15, 0.2) is 0 Å². The second kappa shape index (κ2) is 12.9. The molecule has 0 radical (unpaired) electrons. The fourth-order valence-corrected chi connectivity index (χ4v) is 8.56. The molecular formula is C29H56O4. The minimum absolute atomic E-state index is 0.0390. The number of rotatable bonds is 4. The van der Waals surface area contributed by atoms with Gasteiger partial charge in [-0.05, 0) is 98.7 Å². The first-order valence-electron chi connectivity index (χ1n) is 14.3. The molecule has 7 atom stereocenters. The third-order valence-corrected chi connectivity index (χ3v) is 9.83. The highest BCUT2D eigenvalue weighted by Crippen LogP contribution is 2.68. The number of carboxylic acid groups (broad SMARTS) is 1. The van der Waals surface area contributed by atoms with Gasteiger partial charge in [-0.15, -0.1) is 0 Å². The van der Waals surface area contributed by atoms with E-state index in [1.807, 2.05) is 41.5 Å². The second-order valence-corrected chi connectivity index (χ2v) is 10.8. The Hall–Kier alpha value is -0.610. The predicted octanol–water partition coefficient (Wildman–Crippen LogP) is 7.66. The van der Waals surface area contributed by atoms with Gasteiger partial charge >= 0.3 is 5.97 Å². The Bertz CT molecular complexity index is 588. The van der Waals surface area contributed by atoms with Gasteiger partial charge in [0.05, 0.1) is 0 Å². The maximum atomic E-state index is 10.9. The molecule has 0 spiro atoms. The lowest BCUT2D eigenvalue weighted by molar-refractivity contribution is -0.277. The van der Waals surface area contributed by atoms with Gasteiger partial charge < -0.3 is 15.3 Å². The molecule has 4 saturated carbocycles. The highest BCUT2D eigenvalue weighted by molar-refractivity contribution is 5.66. The molecular weight excluding hydrogens is 412 g/mol. The van der Waals surface area contributed by atoms with Crippen LogP contribution in [-0.4, -0.2) is 27.1 Å². The number of carboxylic acids is 1. The summed E-state index contributed by atoms with van der Waals surface area (Å²) in [5, 5.41) is 30.3. The van der Waals surface area contributed by atoms with E-state index in [4.69, 9.17) is 5.11 Å². The first-order valence-corrected chi connectivity index (χ1v) is 14.3. The molecule has 0 heterocycles. The number of hydrogen-bond donors (Lipinski definition) is 3. The molecule has 4 heteroatoms. The van der Waals surface area contributed by atoms with Gasteiger partial charge in [-0.25, -0.2) is 0 Å². The van der Waals surface area contributed by atoms with E-state index in [0.717, 1.165) is 50.4 Å². The highest BCUT2D eigenvalue weighted by atomic mass is 16.5. The Morgan fingerprint density at radius 2 is 1.39 bits per heavy atom. The van der Waals surface area contributed by atoms with Crippen LogP contribution in [0.1, 0.15) is 132 Å². The summed E-state index contributed by atoms with van der Waals surface area (Å²) in [4.78, 5) is 10.9. The molecule has 0 aromatic rings. The topological polar surface area (TPSA) is 77.8 Å². The van der Waals surface area contributed by atoms with Crippen LogP contribution in [0.25, 0.3) is 0 Å². The van der Waals surface area contributed by atoms with Crippen LogP contribution < -0.4 is 0 Å². The summed E-state index contributed by atoms with van der Waals surface area (Å²) in [6.45, 7) is 16.8. The lowest BCUT2D eigenvalue weighted by Crippen LogP contribution is -2.59. The zero-order valence-electron chi connectivity index (χ0n) is 23.1. The van der Waals surface area contributed by atoms with Gasteiger partial charge in [0.25, 0.3) is 0 Å². The molecule has 0 amide bonds. The largest absolute Gasteiger partial charge is 0.481 e. The first kappa shape index (κ1) is 30.4. The van der Waals surface area contributed by atoms with Gasteiger partial charge in [0.1, 0.15) is 0 Å². The molecule has 33 heavy (non-hydrogen) atoms. The minimum Gasteiger partial charge on any atom is -0.481 e. The quantitative estimate of drug-likeness (QED) is 0.370. The smallest absolute Gasteiger partial charge is 0.303 e. The molecule has 4 aliphatic rings. The van der Waals surface area contributed by atoms with Gasteiger partial charge in [-0.2, -0.15) is 0 Å².